The molecule has 0 unspecified atom stereocenters. The first kappa shape index (κ1) is 12.3. The lowest BCUT2D eigenvalue weighted by Crippen LogP contribution is -2.10. The van der Waals surface area contributed by atoms with Gasteiger partial charge in [0.15, 0.2) is 0 Å². The third kappa shape index (κ3) is 3.43. The van der Waals surface area contributed by atoms with Crippen LogP contribution in [0.3, 0.4) is 0 Å². The Balaban J connectivity index is 2.80. The summed E-state index contributed by atoms with van der Waals surface area (Å²) in [4.78, 5) is 21.1. The Hall–Kier alpha value is -1.75. The van der Waals surface area contributed by atoms with Crippen molar-refractivity contribution in [3.8, 4) is 0 Å². The Labute approximate surface area is 96.7 Å². The molecule has 0 aliphatic heterocycles. The summed E-state index contributed by atoms with van der Waals surface area (Å²) >= 11 is 5.71. The average Bonchev–Trinajstić information content (AvgIpc) is 2.16. The lowest BCUT2D eigenvalue weighted by atomic mass is 10.2. The lowest BCUT2D eigenvalue weighted by Gasteiger charge is -2.08. The number of halogens is 1. The molecule has 0 amide bonds. The minimum absolute atomic E-state index is 0.0646. The summed E-state index contributed by atoms with van der Waals surface area (Å²) in [5.41, 5.74) is 0.385. The van der Waals surface area contributed by atoms with E-state index in [9.17, 15) is 9.59 Å². The topological polar surface area (TPSA) is 86.6 Å². The average molecular weight is 244 g/mol. The van der Waals surface area contributed by atoms with E-state index in [2.05, 4.69) is 5.32 Å². The molecule has 0 aromatic heterocycles. The van der Waals surface area contributed by atoms with Gasteiger partial charge in [-0.25, -0.2) is 4.79 Å². The van der Waals surface area contributed by atoms with Gasteiger partial charge in [0.25, 0.3) is 0 Å². The third-order valence-electron chi connectivity index (χ3n) is 1.87. The van der Waals surface area contributed by atoms with E-state index in [-0.39, 0.29) is 18.5 Å². The summed E-state index contributed by atoms with van der Waals surface area (Å²) in [6, 6.07) is 4.29. The van der Waals surface area contributed by atoms with Gasteiger partial charge in [0.1, 0.15) is 0 Å². The molecule has 1 aromatic carbocycles. The highest BCUT2D eigenvalue weighted by atomic mass is 35.5. The molecule has 1 aromatic rings. The van der Waals surface area contributed by atoms with Crippen molar-refractivity contribution in [2.24, 2.45) is 0 Å². The Morgan fingerprint density at radius 1 is 1.31 bits per heavy atom. The van der Waals surface area contributed by atoms with Gasteiger partial charge in [0.05, 0.1) is 17.7 Å². The van der Waals surface area contributed by atoms with Crippen molar-refractivity contribution in [1.29, 1.82) is 0 Å². The van der Waals surface area contributed by atoms with Crippen LogP contribution in [0.1, 0.15) is 16.8 Å². The Kier molecular flexibility index (Phi) is 4.13. The molecule has 5 nitrogen and oxygen atoms in total. The summed E-state index contributed by atoms with van der Waals surface area (Å²) in [6.07, 6.45) is -0.0917. The van der Waals surface area contributed by atoms with E-state index in [1.165, 1.54) is 18.2 Å². The Bertz CT molecular complexity index is 419. The van der Waals surface area contributed by atoms with Crippen LogP contribution in [0, 0.1) is 0 Å². The normalized spacial score (nSPS) is 9.81. The molecule has 0 atom stereocenters. The smallest absolute Gasteiger partial charge is 0.337 e. The van der Waals surface area contributed by atoms with E-state index >= 15 is 0 Å². The Morgan fingerprint density at radius 2 is 2.00 bits per heavy atom. The van der Waals surface area contributed by atoms with Gasteiger partial charge in [-0.15, -0.1) is 0 Å². The second-order valence-corrected chi connectivity index (χ2v) is 3.50. The van der Waals surface area contributed by atoms with Gasteiger partial charge in [0, 0.05) is 11.6 Å². The quantitative estimate of drug-likeness (QED) is 0.736. The van der Waals surface area contributed by atoms with Crippen molar-refractivity contribution in [1.82, 2.24) is 0 Å². The number of aliphatic carboxylic acids is 1. The number of rotatable bonds is 5. The van der Waals surface area contributed by atoms with Crippen molar-refractivity contribution < 1.29 is 19.8 Å². The SMILES string of the molecule is O=C(O)CCNc1cc(Cl)ccc1C(=O)O. The summed E-state index contributed by atoms with van der Waals surface area (Å²) < 4.78 is 0. The highest BCUT2D eigenvalue weighted by molar-refractivity contribution is 6.31. The van der Waals surface area contributed by atoms with Crippen LogP contribution in [0.25, 0.3) is 0 Å². The molecule has 0 fully saturated rings. The van der Waals surface area contributed by atoms with Gasteiger partial charge >= 0.3 is 11.9 Å². The molecule has 0 saturated heterocycles. The number of anilines is 1. The number of benzene rings is 1. The van der Waals surface area contributed by atoms with Crippen LogP contribution in [0.5, 0.6) is 0 Å². The van der Waals surface area contributed by atoms with E-state index in [0.717, 1.165) is 0 Å². The molecule has 0 aliphatic rings. The minimum Gasteiger partial charge on any atom is -0.481 e. The van der Waals surface area contributed by atoms with E-state index in [1.54, 1.807) is 0 Å². The predicted molar refractivity (Wildman–Crippen MR) is 59.2 cm³/mol. The summed E-state index contributed by atoms with van der Waals surface area (Å²) in [5, 5.41) is 20.4. The van der Waals surface area contributed by atoms with E-state index in [0.29, 0.717) is 10.7 Å². The predicted octanol–water partition coefficient (Wildman–Crippen LogP) is 1.92. The fraction of sp³-hybridized carbons (Fsp3) is 0.200. The van der Waals surface area contributed by atoms with Crippen molar-refractivity contribution in [2.75, 3.05) is 11.9 Å². The monoisotopic (exact) mass is 243 g/mol. The highest BCUT2D eigenvalue weighted by Crippen LogP contribution is 2.21. The van der Waals surface area contributed by atoms with Crippen LogP contribution in [-0.2, 0) is 4.79 Å². The molecule has 0 aliphatic carbocycles. The first-order chi connectivity index (χ1) is 7.50. The number of carbonyl (C=O) groups is 2. The van der Waals surface area contributed by atoms with Crippen LogP contribution in [0.15, 0.2) is 18.2 Å². The molecule has 0 saturated carbocycles. The number of aromatic carboxylic acids is 1. The first-order valence-corrected chi connectivity index (χ1v) is 4.87. The van der Waals surface area contributed by atoms with Crippen molar-refractivity contribution in [3.63, 3.8) is 0 Å². The fourth-order valence-electron chi connectivity index (χ4n) is 1.15. The van der Waals surface area contributed by atoms with Crippen molar-refractivity contribution in [2.45, 2.75) is 6.42 Å². The zero-order valence-electron chi connectivity index (χ0n) is 8.24. The van der Waals surface area contributed by atoms with Gasteiger partial charge < -0.3 is 15.5 Å². The maximum atomic E-state index is 10.8. The van der Waals surface area contributed by atoms with Crippen LogP contribution in [-0.4, -0.2) is 28.7 Å². The number of carboxylic acid groups (broad SMARTS) is 2. The number of hydrogen-bond acceptors (Lipinski definition) is 3. The van der Waals surface area contributed by atoms with Gasteiger partial charge in [-0.05, 0) is 18.2 Å². The maximum Gasteiger partial charge on any atom is 0.337 e. The second kappa shape index (κ2) is 5.37. The molecule has 86 valence electrons. The molecule has 1 rings (SSSR count). The van der Waals surface area contributed by atoms with Crippen LogP contribution < -0.4 is 5.32 Å². The molecule has 6 heteroatoms. The zero-order valence-corrected chi connectivity index (χ0v) is 8.99. The highest BCUT2D eigenvalue weighted by Gasteiger charge is 2.10. The molecule has 0 radical (unpaired) electrons. The van der Waals surface area contributed by atoms with E-state index in [4.69, 9.17) is 21.8 Å². The summed E-state index contributed by atoms with van der Waals surface area (Å²) in [5.74, 6) is -2.04. The number of nitrogens with one attached hydrogen (secondary N) is 1. The third-order valence-corrected chi connectivity index (χ3v) is 2.10. The molecule has 0 heterocycles. The number of hydrogen-bond donors (Lipinski definition) is 3. The molecule has 0 bridgehead atoms. The minimum atomic E-state index is -1.09. The molecular weight excluding hydrogens is 234 g/mol. The molecule has 16 heavy (non-hydrogen) atoms. The Morgan fingerprint density at radius 3 is 2.56 bits per heavy atom. The van der Waals surface area contributed by atoms with Gasteiger partial charge in [-0.2, -0.15) is 0 Å². The summed E-state index contributed by atoms with van der Waals surface area (Å²) in [6.45, 7) is 0.149. The molecular formula is C10H10ClNO4. The van der Waals surface area contributed by atoms with Crippen molar-refractivity contribution in [3.05, 3.63) is 28.8 Å². The fourth-order valence-corrected chi connectivity index (χ4v) is 1.33. The molecule has 0 spiro atoms. The van der Waals surface area contributed by atoms with E-state index < -0.39 is 11.9 Å². The first-order valence-electron chi connectivity index (χ1n) is 4.49. The zero-order chi connectivity index (χ0) is 12.1. The second-order valence-electron chi connectivity index (χ2n) is 3.07. The maximum absolute atomic E-state index is 10.8. The van der Waals surface area contributed by atoms with Gasteiger partial charge in [0.2, 0.25) is 0 Å². The van der Waals surface area contributed by atoms with Gasteiger partial charge in [-0.3, -0.25) is 4.79 Å². The van der Waals surface area contributed by atoms with Crippen LogP contribution in [0.4, 0.5) is 5.69 Å². The summed E-state index contributed by atoms with van der Waals surface area (Å²) in [7, 11) is 0. The lowest BCUT2D eigenvalue weighted by molar-refractivity contribution is -0.136. The van der Waals surface area contributed by atoms with E-state index in [1.807, 2.05) is 0 Å². The largest absolute Gasteiger partial charge is 0.481 e. The standard InChI is InChI=1S/C10H10ClNO4/c11-6-1-2-7(10(15)16)8(5-6)12-4-3-9(13)14/h1-2,5,12H,3-4H2,(H,13,14)(H,15,16). The molecule has 3 N–H and O–H groups in total. The van der Waals surface area contributed by atoms with Crippen LogP contribution >= 0.6 is 11.6 Å². The van der Waals surface area contributed by atoms with Gasteiger partial charge in [-0.1, -0.05) is 11.6 Å². The van der Waals surface area contributed by atoms with Crippen molar-refractivity contribution >= 4 is 29.2 Å². The van der Waals surface area contributed by atoms with Crippen LogP contribution in [0.2, 0.25) is 5.02 Å². The number of carboxylic acids is 2.